The van der Waals surface area contributed by atoms with Gasteiger partial charge >= 0.3 is 11.9 Å². The summed E-state index contributed by atoms with van der Waals surface area (Å²) in [4.78, 5) is 23.8. The minimum atomic E-state index is -1.82. The molecular formula is C16H28N2O4. The number of hydrogen-bond acceptors (Lipinski definition) is 4. The first-order chi connectivity index (χ1) is 10.6. The first-order valence-electron chi connectivity index (χ1n) is 8.52. The lowest BCUT2D eigenvalue weighted by molar-refractivity contribution is -0.159. The number of carboxylic acid groups (broad SMARTS) is 2. The van der Waals surface area contributed by atoms with Crippen molar-refractivity contribution in [2.45, 2.75) is 63.5 Å². The quantitative estimate of drug-likeness (QED) is 0.755. The summed E-state index contributed by atoms with van der Waals surface area (Å²) in [6, 6.07) is 1.90. The van der Waals surface area contributed by atoms with Crippen molar-refractivity contribution in [3.8, 4) is 0 Å². The Balaban J connectivity index is 0.000000254. The van der Waals surface area contributed by atoms with Crippen LogP contribution in [0.25, 0.3) is 0 Å². The van der Waals surface area contributed by atoms with Crippen LogP contribution in [0, 0.1) is 0 Å². The van der Waals surface area contributed by atoms with Crippen molar-refractivity contribution in [1.82, 2.24) is 9.80 Å². The van der Waals surface area contributed by atoms with Crippen LogP contribution < -0.4 is 0 Å². The second-order valence-electron chi connectivity index (χ2n) is 6.56. The van der Waals surface area contributed by atoms with Gasteiger partial charge < -0.3 is 10.2 Å². The van der Waals surface area contributed by atoms with Gasteiger partial charge in [0, 0.05) is 38.3 Å². The van der Waals surface area contributed by atoms with Crippen LogP contribution in [0.1, 0.15) is 51.4 Å². The predicted octanol–water partition coefficient (Wildman–Crippen LogP) is 1.64. The maximum Gasteiger partial charge on any atom is 0.414 e. The molecule has 22 heavy (non-hydrogen) atoms. The molecule has 0 bridgehead atoms. The third-order valence-corrected chi connectivity index (χ3v) is 5.21. The van der Waals surface area contributed by atoms with E-state index in [4.69, 9.17) is 19.8 Å². The molecule has 6 heteroatoms. The van der Waals surface area contributed by atoms with Gasteiger partial charge in [-0.25, -0.2) is 9.59 Å². The van der Waals surface area contributed by atoms with Gasteiger partial charge in [0.1, 0.15) is 0 Å². The van der Waals surface area contributed by atoms with E-state index in [0.29, 0.717) is 0 Å². The van der Waals surface area contributed by atoms with Crippen LogP contribution in [0.5, 0.6) is 0 Å². The molecule has 0 aromatic rings. The molecule has 2 aliphatic carbocycles. The van der Waals surface area contributed by atoms with Crippen molar-refractivity contribution in [2.24, 2.45) is 0 Å². The van der Waals surface area contributed by atoms with Gasteiger partial charge in [-0.1, -0.05) is 25.7 Å². The number of carbonyl (C=O) groups is 2. The van der Waals surface area contributed by atoms with E-state index < -0.39 is 11.9 Å². The fourth-order valence-electron chi connectivity index (χ4n) is 4.01. The van der Waals surface area contributed by atoms with Crippen LogP contribution >= 0.6 is 0 Å². The van der Waals surface area contributed by atoms with E-state index in [-0.39, 0.29) is 0 Å². The lowest BCUT2D eigenvalue weighted by Gasteiger charge is -2.40. The van der Waals surface area contributed by atoms with Gasteiger partial charge in [0.15, 0.2) is 0 Å². The third kappa shape index (κ3) is 4.95. The Morgan fingerprint density at radius 1 is 0.636 bits per heavy atom. The molecule has 1 aliphatic heterocycles. The van der Waals surface area contributed by atoms with Crippen molar-refractivity contribution in [1.29, 1.82) is 0 Å². The molecule has 0 amide bonds. The lowest BCUT2D eigenvalue weighted by Crippen LogP contribution is -2.52. The fourth-order valence-corrected chi connectivity index (χ4v) is 4.01. The van der Waals surface area contributed by atoms with E-state index in [0.717, 1.165) is 12.1 Å². The van der Waals surface area contributed by atoms with Gasteiger partial charge in [-0.15, -0.1) is 0 Å². The monoisotopic (exact) mass is 312 g/mol. The van der Waals surface area contributed by atoms with E-state index in [1.165, 1.54) is 77.5 Å². The molecule has 1 saturated heterocycles. The topological polar surface area (TPSA) is 81.1 Å². The second-order valence-corrected chi connectivity index (χ2v) is 6.56. The summed E-state index contributed by atoms with van der Waals surface area (Å²) < 4.78 is 0. The number of hydrogen-bond donors (Lipinski definition) is 2. The summed E-state index contributed by atoms with van der Waals surface area (Å²) in [5, 5.41) is 14.8. The summed E-state index contributed by atoms with van der Waals surface area (Å²) in [5.74, 6) is -3.65. The summed E-state index contributed by atoms with van der Waals surface area (Å²) >= 11 is 0. The average molecular weight is 312 g/mol. The van der Waals surface area contributed by atoms with Crippen molar-refractivity contribution in [3.63, 3.8) is 0 Å². The Hall–Kier alpha value is -1.14. The molecule has 3 fully saturated rings. The first-order valence-corrected chi connectivity index (χ1v) is 8.52. The molecule has 0 aromatic heterocycles. The lowest BCUT2D eigenvalue weighted by atomic mass is 10.1. The standard InChI is InChI=1S/C14H26N2.C2H2O4/c1-2-6-13(5-1)15-9-11-16(12-10-15)14-7-3-4-8-14;3-1(4)2(5)6/h13-14H,1-12H2;(H,3,4)(H,5,6). The molecule has 3 aliphatic rings. The van der Waals surface area contributed by atoms with Crippen molar-refractivity contribution in [2.75, 3.05) is 26.2 Å². The van der Waals surface area contributed by atoms with E-state index >= 15 is 0 Å². The maximum atomic E-state index is 9.10. The predicted molar refractivity (Wildman–Crippen MR) is 82.9 cm³/mol. The fraction of sp³-hybridized carbons (Fsp3) is 0.875. The third-order valence-electron chi connectivity index (χ3n) is 5.21. The first kappa shape index (κ1) is 17.2. The summed E-state index contributed by atoms with van der Waals surface area (Å²) in [7, 11) is 0. The normalized spacial score (nSPS) is 24.9. The Morgan fingerprint density at radius 2 is 0.909 bits per heavy atom. The number of rotatable bonds is 2. The van der Waals surface area contributed by atoms with E-state index in [1.54, 1.807) is 0 Å². The molecule has 0 atom stereocenters. The Kier molecular flexibility index (Phi) is 6.64. The van der Waals surface area contributed by atoms with Gasteiger partial charge in [0.2, 0.25) is 0 Å². The zero-order valence-corrected chi connectivity index (χ0v) is 13.2. The molecular weight excluding hydrogens is 284 g/mol. The Labute approximate surface area is 132 Å². The highest BCUT2D eigenvalue weighted by Gasteiger charge is 2.29. The highest BCUT2D eigenvalue weighted by molar-refractivity contribution is 6.27. The van der Waals surface area contributed by atoms with Gasteiger partial charge in [0.25, 0.3) is 0 Å². The number of nitrogens with zero attached hydrogens (tertiary/aromatic N) is 2. The number of piperazine rings is 1. The van der Waals surface area contributed by atoms with Crippen LogP contribution in [0.4, 0.5) is 0 Å². The van der Waals surface area contributed by atoms with E-state index in [2.05, 4.69) is 9.80 Å². The minimum Gasteiger partial charge on any atom is -0.473 e. The van der Waals surface area contributed by atoms with E-state index in [1.807, 2.05) is 0 Å². The summed E-state index contributed by atoms with van der Waals surface area (Å²) in [6.45, 7) is 5.39. The Morgan fingerprint density at radius 3 is 1.14 bits per heavy atom. The molecule has 3 rings (SSSR count). The number of aliphatic carboxylic acids is 2. The molecule has 2 N–H and O–H groups in total. The van der Waals surface area contributed by atoms with Crippen LogP contribution in [-0.4, -0.2) is 70.2 Å². The summed E-state index contributed by atoms with van der Waals surface area (Å²) in [6.07, 6.45) is 11.8. The van der Waals surface area contributed by atoms with Gasteiger partial charge in [-0.3, -0.25) is 9.80 Å². The smallest absolute Gasteiger partial charge is 0.414 e. The molecule has 126 valence electrons. The number of carboxylic acids is 2. The zero-order valence-electron chi connectivity index (χ0n) is 13.2. The SMILES string of the molecule is C1CCC(N2CCN(C3CCCC3)CC2)C1.O=C(O)C(=O)O. The molecule has 0 unspecified atom stereocenters. The maximum absolute atomic E-state index is 9.10. The van der Waals surface area contributed by atoms with Crippen LogP contribution in [0.15, 0.2) is 0 Å². The molecule has 6 nitrogen and oxygen atoms in total. The molecule has 0 spiro atoms. The molecule has 2 saturated carbocycles. The second kappa shape index (κ2) is 8.48. The van der Waals surface area contributed by atoms with Crippen molar-refractivity contribution < 1.29 is 19.8 Å². The van der Waals surface area contributed by atoms with Crippen LogP contribution in [0.3, 0.4) is 0 Å². The minimum absolute atomic E-state index is 0.950. The van der Waals surface area contributed by atoms with Crippen LogP contribution in [0.2, 0.25) is 0 Å². The average Bonchev–Trinajstić information content (AvgIpc) is 3.22. The highest BCUT2D eigenvalue weighted by Crippen LogP contribution is 2.27. The van der Waals surface area contributed by atoms with Gasteiger partial charge in [-0.05, 0) is 25.7 Å². The summed E-state index contributed by atoms with van der Waals surface area (Å²) in [5.41, 5.74) is 0. The van der Waals surface area contributed by atoms with Crippen LogP contribution in [-0.2, 0) is 9.59 Å². The molecule has 1 heterocycles. The highest BCUT2D eigenvalue weighted by atomic mass is 16.4. The largest absolute Gasteiger partial charge is 0.473 e. The molecule has 0 aromatic carbocycles. The Bertz CT molecular complexity index is 332. The van der Waals surface area contributed by atoms with Crippen molar-refractivity contribution >= 4 is 11.9 Å². The van der Waals surface area contributed by atoms with Gasteiger partial charge in [0.05, 0.1) is 0 Å². The zero-order chi connectivity index (χ0) is 15.9. The van der Waals surface area contributed by atoms with Crippen molar-refractivity contribution in [3.05, 3.63) is 0 Å². The molecule has 0 radical (unpaired) electrons. The van der Waals surface area contributed by atoms with Gasteiger partial charge in [-0.2, -0.15) is 0 Å². The van der Waals surface area contributed by atoms with E-state index in [9.17, 15) is 0 Å².